The summed E-state index contributed by atoms with van der Waals surface area (Å²) in [5.74, 6) is -0.598. The van der Waals surface area contributed by atoms with E-state index in [1.54, 1.807) is 0 Å². The lowest BCUT2D eigenvalue weighted by Crippen LogP contribution is -2.23. The van der Waals surface area contributed by atoms with Gasteiger partial charge in [0, 0.05) is 5.69 Å². The van der Waals surface area contributed by atoms with Gasteiger partial charge in [-0.2, -0.15) is 0 Å². The Morgan fingerprint density at radius 3 is 2.60 bits per heavy atom. The lowest BCUT2D eigenvalue weighted by molar-refractivity contribution is 0.0970. The molecular weight excluding hydrogens is 300 g/mol. The van der Waals surface area contributed by atoms with Crippen molar-refractivity contribution in [2.75, 3.05) is 11.9 Å². The van der Waals surface area contributed by atoms with Crippen molar-refractivity contribution in [2.45, 2.75) is 12.6 Å². The zero-order valence-electron chi connectivity index (χ0n) is 10.5. The number of hydrogen-bond acceptors (Lipinski definition) is 2. The van der Waals surface area contributed by atoms with Gasteiger partial charge in [0.05, 0.1) is 29.3 Å². The fourth-order valence-corrected chi connectivity index (χ4v) is 2.83. The Bertz CT molecular complexity index is 625. The minimum absolute atomic E-state index is 0.00227. The van der Waals surface area contributed by atoms with Crippen molar-refractivity contribution in [1.29, 1.82) is 0 Å². The molecule has 3 rings (SSSR count). The Morgan fingerprint density at radius 1 is 1.15 bits per heavy atom. The van der Waals surface area contributed by atoms with Crippen LogP contribution in [-0.4, -0.2) is 6.61 Å². The Balaban J connectivity index is 1.89. The van der Waals surface area contributed by atoms with Crippen molar-refractivity contribution < 1.29 is 9.13 Å². The third-order valence-electron chi connectivity index (χ3n) is 3.30. The molecule has 0 spiro atoms. The molecule has 2 aromatic carbocycles. The lowest BCUT2D eigenvalue weighted by Gasteiger charge is -2.27. The van der Waals surface area contributed by atoms with Gasteiger partial charge < -0.3 is 10.1 Å². The Labute approximate surface area is 126 Å². The van der Waals surface area contributed by atoms with E-state index in [4.69, 9.17) is 27.9 Å². The molecular formula is C15H12Cl2FNO. The molecule has 1 aliphatic rings. The van der Waals surface area contributed by atoms with Gasteiger partial charge in [0.15, 0.2) is 5.82 Å². The monoisotopic (exact) mass is 311 g/mol. The van der Waals surface area contributed by atoms with Crippen LogP contribution in [0.25, 0.3) is 0 Å². The smallest absolute Gasteiger partial charge is 0.160 e. The lowest BCUT2D eigenvalue weighted by atomic mass is 9.99. The van der Waals surface area contributed by atoms with Crippen molar-refractivity contribution >= 4 is 28.9 Å². The van der Waals surface area contributed by atoms with E-state index in [1.807, 2.05) is 18.2 Å². The van der Waals surface area contributed by atoms with Crippen molar-refractivity contribution in [3.05, 3.63) is 63.4 Å². The maximum atomic E-state index is 13.4. The third-order valence-corrected chi connectivity index (χ3v) is 3.85. The average Bonchev–Trinajstić information content (AvgIpc) is 2.45. The van der Waals surface area contributed by atoms with Gasteiger partial charge in [0.2, 0.25) is 0 Å². The number of nitrogens with one attached hydrogen (secondary N) is 1. The van der Waals surface area contributed by atoms with Crippen LogP contribution in [0.1, 0.15) is 17.2 Å². The zero-order valence-corrected chi connectivity index (χ0v) is 12.0. The van der Waals surface area contributed by atoms with Crippen molar-refractivity contribution in [3.8, 4) is 0 Å². The van der Waals surface area contributed by atoms with Gasteiger partial charge in [-0.05, 0) is 23.3 Å². The predicted octanol–water partition coefficient (Wildman–Crippen LogP) is 4.82. The topological polar surface area (TPSA) is 21.3 Å². The van der Waals surface area contributed by atoms with Crippen LogP contribution in [0.2, 0.25) is 10.0 Å². The molecule has 1 unspecified atom stereocenters. The summed E-state index contributed by atoms with van der Waals surface area (Å²) < 4.78 is 19.0. The number of fused-ring (bicyclic) bond motifs is 1. The van der Waals surface area contributed by atoms with Gasteiger partial charge in [-0.15, -0.1) is 0 Å². The standard InChI is InChI=1S/C15H12Cl2FNO/c16-12-5-10(6-13(17)15(12)18)19-14-8-20-7-9-3-1-2-4-11(9)14/h1-6,14,19H,7-8H2. The summed E-state index contributed by atoms with van der Waals surface area (Å²) in [7, 11) is 0. The van der Waals surface area contributed by atoms with Crippen LogP contribution in [0, 0.1) is 5.82 Å². The normalized spacial score (nSPS) is 17.6. The highest BCUT2D eigenvalue weighted by atomic mass is 35.5. The van der Waals surface area contributed by atoms with Gasteiger partial charge in [0.25, 0.3) is 0 Å². The second kappa shape index (κ2) is 5.60. The van der Waals surface area contributed by atoms with E-state index in [0.29, 0.717) is 18.9 Å². The molecule has 104 valence electrons. The zero-order chi connectivity index (χ0) is 14.1. The summed E-state index contributed by atoms with van der Waals surface area (Å²) in [5.41, 5.74) is 3.00. The van der Waals surface area contributed by atoms with Crippen LogP contribution in [0.5, 0.6) is 0 Å². The highest BCUT2D eigenvalue weighted by Crippen LogP contribution is 2.32. The molecule has 5 heteroatoms. The molecule has 0 bridgehead atoms. The Morgan fingerprint density at radius 2 is 1.85 bits per heavy atom. The minimum Gasteiger partial charge on any atom is -0.376 e. The second-order valence-corrected chi connectivity index (χ2v) is 5.48. The van der Waals surface area contributed by atoms with E-state index in [2.05, 4.69) is 11.4 Å². The van der Waals surface area contributed by atoms with Crippen LogP contribution in [0.4, 0.5) is 10.1 Å². The van der Waals surface area contributed by atoms with Crippen LogP contribution >= 0.6 is 23.2 Å². The first-order chi connectivity index (χ1) is 9.65. The molecule has 1 aliphatic heterocycles. The van der Waals surface area contributed by atoms with Crippen molar-refractivity contribution in [3.63, 3.8) is 0 Å². The van der Waals surface area contributed by atoms with Gasteiger partial charge in [-0.25, -0.2) is 4.39 Å². The number of rotatable bonds is 2. The maximum Gasteiger partial charge on any atom is 0.160 e. The minimum atomic E-state index is -0.598. The fraction of sp³-hybridized carbons (Fsp3) is 0.200. The molecule has 1 heterocycles. The number of halogens is 3. The molecule has 0 saturated heterocycles. The van der Waals surface area contributed by atoms with Crippen molar-refractivity contribution in [1.82, 2.24) is 0 Å². The number of benzene rings is 2. The fourth-order valence-electron chi connectivity index (χ4n) is 2.34. The van der Waals surface area contributed by atoms with E-state index in [9.17, 15) is 4.39 Å². The highest BCUT2D eigenvalue weighted by molar-refractivity contribution is 6.35. The highest BCUT2D eigenvalue weighted by Gasteiger charge is 2.20. The third kappa shape index (κ3) is 2.62. The van der Waals surface area contributed by atoms with Crippen LogP contribution in [0.15, 0.2) is 36.4 Å². The molecule has 0 saturated carbocycles. The molecule has 20 heavy (non-hydrogen) atoms. The summed E-state index contributed by atoms with van der Waals surface area (Å²) in [6.45, 7) is 1.16. The quantitative estimate of drug-likeness (QED) is 0.803. The molecule has 1 atom stereocenters. The first kappa shape index (κ1) is 13.7. The molecule has 0 radical (unpaired) electrons. The molecule has 2 nitrogen and oxygen atoms in total. The van der Waals surface area contributed by atoms with Crippen LogP contribution in [-0.2, 0) is 11.3 Å². The summed E-state index contributed by atoms with van der Waals surface area (Å²) >= 11 is 11.6. The molecule has 0 amide bonds. The van der Waals surface area contributed by atoms with E-state index >= 15 is 0 Å². The summed E-state index contributed by atoms with van der Waals surface area (Å²) in [6, 6.07) is 11.1. The molecule has 0 aliphatic carbocycles. The van der Waals surface area contributed by atoms with Gasteiger partial charge >= 0.3 is 0 Å². The SMILES string of the molecule is Fc1c(Cl)cc(NC2COCc3ccccc32)cc1Cl. The van der Waals surface area contributed by atoms with Gasteiger partial charge in [-0.1, -0.05) is 47.5 Å². The summed E-state index contributed by atoms with van der Waals surface area (Å²) in [5, 5.41) is 3.29. The summed E-state index contributed by atoms with van der Waals surface area (Å²) in [6.07, 6.45) is 0. The largest absolute Gasteiger partial charge is 0.376 e. The van der Waals surface area contributed by atoms with Crippen LogP contribution in [0.3, 0.4) is 0 Å². The summed E-state index contributed by atoms with van der Waals surface area (Å²) in [4.78, 5) is 0. The number of anilines is 1. The predicted molar refractivity (Wildman–Crippen MR) is 78.9 cm³/mol. The Hall–Kier alpha value is -1.29. The molecule has 0 fully saturated rings. The van der Waals surface area contributed by atoms with Gasteiger partial charge in [0.1, 0.15) is 0 Å². The van der Waals surface area contributed by atoms with E-state index in [0.717, 1.165) is 5.56 Å². The average molecular weight is 312 g/mol. The Kier molecular flexibility index (Phi) is 3.83. The molecule has 0 aromatic heterocycles. The maximum absolute atomic E-state index is 13.4. The number of ether oxygens (including phenoxy) is 1. The molecule has 1 N–H and O–H groups in total. The van der Waals surface area contributed by atoms with Crippen molar-refractivity contribution in [2.24, 2.45) is 0 Å². The van der Waals surface area contributed by atoms with Crippen LogP contribution < -0.4 is 5.32 Å². The van der Waals surface area contributed by atoms with E-state index in [1.165, 1.54) is 17.7 Å². The molecule has 2 aromatic rings. The number of hydrogen-bond donors (Lipinski definition) is 1. The van der Waals surface area contributed by atoms with Gasteiger partial charge in [-0.3, -0.25) is 0 Å². The van der Waals surface area contributed by atoms with E-state index < -0.39 is 5.82 Å². The van der Waals surface area contributed by atoms with E-state index in [-0.39, 0.29) is 16.1 Å². The second-order valence-electron chi connectivity index (χ2n) is 4.66. The first-order valence-corrected chi connectivity index (χ1v) is 6.97. The first-order valence-electron chi connectivity index (χ1n) is 6.22.